The van der Waals surface area contributed by atoms with Crippen molar-refractivity contribution in [3.05, 3.63) is 35.7 Å². The fraction of sp³-hybridized carbons (Fsp3) is 0.682. The number of tetrazole rings is 1. The van der Waals surface area contributed by atoms with Gasteiger partial charge in [-0.3, -0.25) is 4.90 Å². The minimum atomic E-state index is -4.33. The number of alkyl halides is 3. The summed E-state index contributed by atoms with van der Waals surface area (Å²) < 4.78 is 47.0. The molecule has 2 aromatic rings. The van der Waals surface area contributed by atoms with Crippen molar-refractivity contribution in [1.82, 2.24) is 25.1 Å². The molecule has 7 nitrogen and oxygen atoms in total. The van der Waals surface area contributed by atoms with Crippen molar-refractivity contribution in [2.24, 2.45) is 5.92 Å². The van der Waals surface area contributed by atoms with Crippen molar-refractivity contribution in [3.8, 4) is 0 Å². The number of nitrogens with zero attached hydrogens (tertiary/aromatic N) is 6. The Morgan fingerprint density at radius 3 is 2.59 bits per heavy atom. The van der Waals surface area contributed by atoms with Gasteiger partial charge in [0.15, 0.2) is 5.82 Å². The molecule has 2 aliphatic rings. The van der Waals surface area contributed by atoms with Gasteiger partial charge < -0.3 is 9.64 Å². The number of aromatic nitrogens is 4. The third kappa shape index (κ3) is 5.40. The quantitative estimate of drug-likeness (QED) is 0.637. The number of piperazine rings is 1. The van der Waals surface area contributed by atoms with E-state index in [1.165, 1.54) is 12.1 Å². The summed E-state index contributed by atoms with van der Waals surface area (Å²) in [6.07, 6.45) is -1.19. The molecule has 0 spiro atoms. The standard InChI is InChI=1S/C22H31F3N6O/c1-16(2)13-20(21-26-27-28-31(21)15-19-7-4-12-32-19)30-10-8-29(9-11-30)18-6-3-5-17(14-18)22(23,24)25/h3,5-6,14,16,19-20H,4,7-13,15H2,1-2H3. The van der Waals surface area contributed by atoms with Crippen LogP contribution in [0.1, 0.15) is 50.5 Å². The Kier molecular flexibility index (Phi) is 6.99. The number of benzene rings is 1. The molecule has 2 atom stereocenters. The smallest absolute Gasteiger partial charge is 0.376 e. The lowest BCUT2D eigenvalue weighted by atomic mass is 10.0. The Hall–Kier alpha value is -2.20. The van der Waals surface area contributed by atoms with E-state index in [4.69, 9.17) is 4.74 Å². The Labute approximate surface area is 186 Å². The van der Waals surface area contributed by atoms with Crippen molar-refractivity contribution >= 4 is 5.69 Å². The molecule has 2 saturated heterocycles. The summed E-state index contributed by atoms with van der Waals surface area (Å²) in [4.78, 5) is 4.38. The topological polar surface area (TPSA) is 59.3 Å². The first-order valence-electron chi connectivity index (χ1n) is 11.3. The monoisotopic (exact) mass is 452 g/mol. The molecule has 2 aliphatic heterocycles. The van der Waals surface area contributed by atoms with Crippen LogP contribution in [0.3, 0.4) is 0 Å². The predicted octanol–water partition coefficient (Wildman–Crippen LogP) is 3.78. The maximum absolute atomic E-state index is 13.1. The summed E-state index contributed by atoms with van der Waals surface area (Å²) in [5.74, 6) is 1.30. The van der Waals surface area contributed by atoms with Crippen LogP contribution in [0.15, 0.2) is 24.3 Å². The molecule has 0 amide bonds. The van der Waals surface area contributed by atoms with Crippen LogP contribution in [-0.4, -0.2) is 64.0 Å². The minimum absolute atomic E-state index is 0.0649. The molecule has 32 heavy (non-hydrogen) atoms. The average Bonchev–Trinajstić information content (AvgIpc) is 3.44. The first kappa shape index (κ1) is 23.0. The zero-order chi connectivity index (χ0) is 22.7. The largest absolute Gasteiger partial charge is 0.416 e. The Bertz CT molecular complexity index is 873. The zero-order valence-corrected chi connectivity index (χ0v) is 18.6. The van der Waals surface area contributed by atoms with Gasteiger partial charge in [0.2, 0.25) is 0 Å². The van der Waals surface area contributed by atoms with Gasteiger partial charge >= 0.3 is 6.18 Å². The number of rotatable bonds is 7. The average molecular weight is 453 g/mol. The molecule has 0 N–H and O–H groups in total. The first-order valence-corrected chi connectivity index (χ1v) is 11.3. The van der Waals surface area contributed by atoms with Crippen LogP contribution in [-0.2, 0) is 17.5 Å². The second-order valence-electron chi connectivity index (χ2n) is 9.07. The Morgan fingerprint density at radius 1 is 1.16 bits per heavy atom. The van der Waals surface area contributed by atoms with Crippen LogP contribution in [0.5, 0.6) is 0 Å². The van der Waals surface area contributed by atoms with Crippen molar-refractivity contribution in [3.63, 3.8) is 0 Å². The van der Waals surface area contributed by atoms with E-state index in [0.29, 0.717) is 31.2 Å². The van der Waals surface area contributed by atoms with E-state index in [-0.39, 0.29) is 12.1 Å². The van der Waals surface area contributed by atoms with Crippen LogP contribution in [0, 0.1) is 5.92 Å². The highest BCUT2D eigenvalue weighted by Gasteiger charge is 2.33. The second-order valence-corrected chi connectivity index (χ2v) is 9.07. The third-order valence-electron chi connectivity index (χ3n) is 6.25. The number of hydrogen-bond acceptors (Lipinski definition) is 6. The molecule has 3 heterocycles. The molecule has 10 heteroatoms. The molecule has 0 bridgehead atoms. The molecular formula is C22H31F3N6O. The summed E-state index contributed by atoms with van der Waals surface area (Å²) in [6, 6.07) is 5.65. The highest BCUT2D eigenvalue weighted by molar-refractivity contribution is 5.49. The molecule has 4 rings (SSSR count). The highest BCUT2D eigenvalue weighted by atomic mass is 19.4. The van der Waals surface area contributed by atoms with E-state index in [9.17, 15) is 13.2 Å². The van der Waals surface area contributed by atoms with E-state index in [0.717, 1.165) is 50.8 Å². The summed E-state index contributed by atoms with van der Waals surface area (Å²) in [7, 11) is 0. The van der Waals surface area contributed by atoms with Crippen LogP contribution >= 0.6 is 0 Å². The van der Waals surface area contributed by atoms with E-state index >= 15 is 0 Å². The van der Waals surface area contributed by atoms with Gasteiger partial charge in [0.05, 0.1) is 24.3 Å². The zero-order valence-electron chi connectivity index (χ0n) is 18.6. The molecular weight excluding hydrogens is 421 g/mol. The summed E-state index contributed by atoms with van der Waals surface area (Å²) in [5.41, 5.74) is 0.00604. The van der Waals surface area contributed by atoms with E-state index in [1.807, 2.05) is 9.58 Å². The second kappa shape index (κ2) is 9.74. The van der Waals surface area contributed by atoms with Gasteiger partial charge in [-0.15, -0.1) is 5.10 Å². The van der Waals surface area contributed by atoms with E-state index < -0.39 is 11.7 Å². The van der Waals surface area contributed by atoms with Gasteiger partial charge in [-0.05, 0) is 53.8 Å². The number of ether oxygens (including phenoxy) is 1. The normalized spacial score (nSPS) is 21.4. The van der Waals surface area contributed by atoms with Crippen molar-refractivity contribution in [1.29, 1.82) is 0 Å². The molecule has 0 saturated carbocycles. The van der Waals surface area contributed by atoms with Crippen molar-refractivity contribution in [2.45, 2.75) is 58.0 Å². The number of hydrogen-bond donors (Lipinski definition) is 0. The fourth-order valence-electron chi connectivity index (χ4n) is 4.60. The van der Waals surface area contributed by atoms with E-state index in [1.54, 1.807) is 6.07 Å². The molecule has 0 aliphatic carbocycles. The summed E-state index contributed by atoms with van der Waals surface area (Å²) >= 11 is 0. The molecule has 176 valence electrons. The highest BCUT2D eigenvalue weighted by Crippen LogP contribution is 2.33. The lowest BCUT2D eigenvalue weighted by molar-refractivity contribution is -0.137. The molecule has 2 unspecified atom stereocenters. The minimum Gasteiger partial charge on any atom is -0.376 e. The molecule has 1 aromatic heterocycles. The lowest BCUT2D eigenvalue weighted by Gasteiger charge is -2.40. The third-order valence-corrected chi connectivity index (χ3v) is 6.25. The van der Waals surface area contributed by atoms with Gasteiger partial charge in [-0.25, -0.2) is 4.68 Å². The Morgan fingerprint density at radius 2 is 1.94 bits per heavy atom. The Balaban J connectivity index is 1.46. The summed E-state index contributed by atoms with van der Waals surface area (Å²) in [5, 5.41) is 12.5. The molecule has 1 aromatic carbocycles. The maximum atomic E-state index is 13.1. The van der Waals surface area contributed by atoms with Crippen LogP contribution in [0.25, 0.3) is 0 Å². The van der Waals surface area contributed by atoms with Crippen LogP contribution < -0.4 is 4.90 Å². The van der Waals surface area contributed by atoms with Gasteiger partial charge in [-0.1, -0.05) is 19.9 Å². The van der Waals surface area contributed by atoms with Gasteiger partial charge in [0, 0.05) is 38.5 Å². The van der Waals surface area contributed by atoms with Gasteiger partial charge in [0.25, 0.3) is 0 Å². The maximum Gasteiger partial charge on any atom is 0.416 e. The number of halogens is 3. The van der Waals surface area contributed by atoms with Crippen molar-refractivity contribution in [2.75, 3.05) is 37.7 Å². The predicted molar refractivity (Wildman–Crippen MR) is 114 cm³/mol. The van der Waals surface area contributed by atoms with Crippen molar-refractivity contribution < 1.29 is 17.9 Å². The van der Waals surface area contributed by atoms with Gasteiger partial charge in [-0.2, -0.15) is 13.2 Å². The number of anilines is 1. The molecule has 2 fully saturated rings. The summed E-state index contributed by atoms with van der Waals surface area (Å²) in [6.45, 7) is 8.59. The van der Waals surface area contributed by atoms with Crippen LogP contribution in [0.2, 0.25) is 0 Å². The SMILES string of the molecule is CC(C)CC(c1nnnn1CC1CCCO1)N1CCN(c2cccc(C(F)(F)F)c2)CC1. The van der Waals surface area contributed by atoms with Crippen LogP contribution in [0.4, 0.5) is 18.9 Å². The first-order chi connectivity index (χ1) is 15.3. The molecule has 0 radical (unpaired) electrons. The van der Waals surface area contributed by atoms with Gasteiger partial charge in [0.1, 0.15) is 0 Å². The van der Waals surface area contributed by atoms with E-state index in [2.05, 4.69) is 34.3 Å². The fourth-order valence-corrected chi connectivity index (χ4v) is 4.60. The lowest BCUT2D eigenvalue weighted by Crippen LogP contribution is -2.48.